The maximum atomic E-state index is 12.4. The molecule has 1 saturated carbocycles. The molecular weight excluding hydrogens is 346 g/mol. The van der Waals surface area contributed by atoms with Gasteiger partial charge in [0.05, 0.1) is 7.11 Å². The van der Waals surface area contributed by atoms with Crippen molar-refractivity contribution in [2.24, 2.45) is 11.8 Å². The van der Waals surface area contributed by atoms with Crippen LogP contribution in [0.2, 0.25) is 0 Å². The summed E-state index contributed by atoms with van der Waals surface area (Å²) in [5, 5.41) is 5.01. The van der Waals surface area contributed by atoms with E-state index in [1.54, 1.807) is 0 Å². The van der Waals surface area contributed by atoms with Gasteiger partial charge in [0.1, 0.15) is 0 Å². The monoisotopic (exact) mass is 370 g/mol. The Bertz CT molecular complexity index is 640. The van der Waals surface area contributed by atoms with Crippen molar-refractivity contribution < 1.29 is 27.8 Å². The van der Waals surface area contributed by atoms with Gasteiger partial charge in [-0.25, -0.2) is 0 Å². The lowest BCUT2D eigenvalue weighted by molar-refractivity contribution is -0.136. The van der Waals surface area contributed by atoms with Crippen molar-refractivity contribution in [3.05, 3.63) is 18.2 Å². The van der Waals surface area contributed by atoms with Crippen LogP contribution in [-0.4, -0.2) is 32.1 Å². The fraction of sp³-hybridized carbons (Fsp3) is 0.556. The van der Waals surface area contributed by atoms with E-state index in [-0.39, 0.29) is 17.2 Å². The van der Waals surface area contributed by atoms with Crippen LogP contribution >= 0.6 is 0 Å². The second-order valence-electron chi connectivity index (χ2n) is 6.55. The number of benzene rings is 1. The van der Waals surface area contributed by atoms with Crippen molar-refractivity contribution in [3.8, 4) is 11.5 Å². The van der Waals surface area contributed by atoms with Crippen molar-refractivity contribution in [2.45, 2.75) is 39.2 Å². The Labute approximate surface area is 151 Å². The Balaban J connectivity index is 1.90. The molecule has 2 rings (SSSR count). The normalized spacial score (nSPS) is 19.7. The molecule has 6 nitrogen and oxygen atoms in total. The van der Waals surface area contributed by atoms with Crippen LogP contribution in [0.15, 0.2) is 18.2 Å². The van der Waals surface area contributed by atoms with E-state index in [1.165, 1.54) is 31.7 Å². The van der Waals surface area contributed by atoms with Crippen molar-refractivity contribution in [2.75, 3.05) is 19.0 Å². The van der Waals surface area contributed by atoms with Crippen LogP contribution in [0.25, 0.3) is 0 Å². The zero-order valence-electron chi connectivity index (χ0n) is 14.9. The average molecular weight is 370 g/mol. The minimum absolute atomic E-state index is 0.0965. The molecule has 2 unspecified atom stereocenters. The molecule has 26 heavy (non-hydrogen) atoms. The molecule has 0 aliphatic heterocycles. The summed E-state index contributed by atoms with van der Waals surface area (Å²) in [5.41, 5.74) is 0.160. The molecule has 2 N–H and O–H groups in total. The number of ether oxygens (including phenoxy) is 2. The standard InChI is InChI=1S/C18H24F2N2O4/c1-11-4-3-5-12(8-11)10-21-16(23)17(24)22-13-6-7-14(25-2)15(9-13)26-18(19)20/h6-7,9,11-12,18H,3-5,8,10H2,1-2H3,(H,21,23)(H,22,24). The van der Waals surface area contributed by atoms with Crippen LogP contribution in [0.5, 0.6) is 11.5 Å². The summed E-state index contributed by atoms with van der Waals surface area (Å²) in [6.45, 7) is -0.390. The molecule has 1 aromatic carbocycles. The number of amides is 2. The highest BCUT2D eigenvalue weighted by Gasteiger charge is 2.21. The molecule has 2 atom stereocenters. The lowest BCUT2D eigenvalue weighted by Gasteiger charge is -2.26. The molecule has 1 aliphatic carbocycles. The third-order valence-corrected chi connectivity index (χ3v) is 4.44. The molecule has 0 bridgehead atoms. The molecule has 0 heterocycles. The number of halogens is 2. The Morgan fingerprint density at radius 2 is 2.00 bits per heavy atom. The van der Waals surface area contributed by atoms with E-state index in [4.69, 9.17) is 4.74 Å². The number of alkyl halides is 2. The number of hydrogen-bond donors (Lipinski definition) is 2. The predicted molar refractivity (Wildman–Crippen MR) is 92.4 cm³/mol. The second kappa shape index (κ2) is 9.35. The first-order valence-electron chi connectivity index (χ1n) is 8.61. The average Bonchev–Trinajstić information content (AvgIpc) is 2.59. The fourth-order valence-corrected chi connectivity index (χ4v) is 3.19. The summed E-state index contributed by atoms with van der Waals surface area (Å²) >= 11 is 0. The molecule has 0 radical (unpaired) electrons. The number of anilines is 1. The third-order valence-electron chi connectivity index (χ3n) is 4.44. The van der Waals surface area contributed by atoms with Crippen LogP contribution in [-0.2, 0) is 9.59 Å². The zero-order chi connectivity index (χ0) is 19.1. The van der Waals surface area contributed by atoms with E-state index >= 15 is 0 Å². The van der Waals surface area contributed by atoms with Gasteiger partial charge in [0.2, 0.25) is 0 Å². The van der Waals surface area contributed by atoms with Gasteiger partial charge in [0.25, 0.3) is 0 Å². The van der Waals surface area contributed by atoms with Crippen LogP contribution in [0.3, 0.4) is 0 Å². The number of hydrogen-bond acceptors (Lipinski definition) is 4. The van der Waals surface area contributed by atoms with Gasteiger partial charge >= 0.3 is 18.4 Å². The first-order chi connectivity index (χ1) is 12.4. The lowest BCUT2D eigenvalue weighted by atomic mass is 9.82. The largest absolute Gasteiger partial charge is 0.493 e. The summed E-state index contributed by atoms with van der Waals surface area (Å²) < 4.78 is 34.1. The topological polar surface area (TPSA) is 76.7 Å². The minimum Gasteiger partial charge on any atom is -0.493 e. The van der Waals surface area contributed by atoms with Crippen LogP contribution in [0.1, 0.15) is 32.6 Å². The smallest absolute Gasteiger partial charge is 0.387 e. The molecule has 1 fully saturated rings. The molecule has 1 aliphatic rings. The van der Waals surface area contributed by atoms with Crippen molar-refractivity contribution in [1.29, 1.82) is 0 Å². The molecule has 0 spiro atoms. The van der Waals surface area contributed by atoms with Crippen LogP contribution < -0.4 is 20.1 Å². The van der Waals surface area contributed by atoms with Gasteiger partial charge in [-0.15, -0.1) is 0 Å². The minimum atomic E-state index is -3.03. The van der Waals surface area contributed by atoms with Crippen molar-refractivity contribution in [1.82, 2.24) is 5.32 Å². The predicted octanol–water partition coefficient (Wildman–Crippen LogP) is 3.18. The van der Waals surface area contributed by atoms with E-state index in [0.29, 0.717) is 18.4 Å². The van der Waals surface area contributed by atoms with E-state index < -0.39 is 18.4 Å². The molecule has 8 heteroatoms. The van der Waals surface area contributed by atoms with E-state index in [9.17, 15) is 18.4 Å². The molecule has 0 aromatic heterocycles. The lowest BCUT2D eigenvalue weighted by Crippen LogP contribution is -2.38. The summed E-state index contributed by atoms with van der Waals surface area (Å²) in [4.78, 5) is 24.0. The maximum Gasteiger partial charge on any atom is 0.387 e. The summed E-state index contributed by atoms with van der Waals surface area (Å²) in [6.07, 6.45) is 4.41. The highest BCUT2D eigenvalue weighted by Crippen LogP contribution is 2.31. The number of nitrogens with one attached hydrogen (secondary N) is 2. The second-order valence-corrected chi connectivity index (χ2v) is 6.55. The van der Waals surface area contributed by atoms with Crippen molar-refractivity contribution in [3.63, 3.8) is 0 Å². The molecular formula is C18H24F2N2O4. The fourth-order valence-electron chi connectivity index (χ4n) is 3.19. The van der Waals surface area contributed by atoms with Gasteiger partial charge in [0, 0.05) is 18.3 Å². The van der Waals surface area contributed by atoms with Gasteiger partial charge in [-0.05, 0) is 36.8 Å². The van der Waals surface area contributed by atoms with Gasteiger partial charge < -0.3 is 20.1 Å². The molecule has 0 saturated heterocycles. The van der Waals surface area contributed by atoms with Crippen molar-refractivity contribution >= 4 is 17.5 Å². The van der Waals surface area contributed by atoms with Gasteiger partial charge in [-0.3, -0.25) is 9.59 Å². The first-order valence-corrected chi connectivity index (χ1v) is 8.61. The van der Waals surface area contributed by atoms with E-state index in [2.05, 4.69) is 22.3 Å². The van der Waals surface area contributed by atoms with E-state index in [1.807, 2.05) is 0 Å². The molecule has 144 valence electrons. The Hall–Kier alpha value is -2.38. The Kier molecular flexibility index (Phi) is 7.17. The summed E-state index contributed by atoms with van der Waals surface area (Å²) in [7, 11) is 1.31. The first kappa shape index (κ1) is 19.9. The zero-order valence-corrected chi connectivity index (χ0v) is 14.9. The highest BCUT2D eigenvalue weighted by atomic mass is 19.3. The number of rotatable bonds is 6. The van der Waals surface area contributed by atoms with Crippen LogP contribution in [0.4, 0.5) is 14.5 Å². The molecule has 1 aromatic rings. The Morgan fingerprint density at radius 3 is 2.65 bits per heavy atom. The highest BCUT2D eigenvalue weighted by molar-refractivity contribution is 6.39. The SMILES string of the molecule is COc1ccc(NC(=O)C(=O)NCC2CCCC(C)C2)cc1OC(F)F. The van der Waals surface area contributed by atoms with Gasteiger partial charge in [0.15, 0.2) is 11.5 Å². The summed E-state index contributed by atoms with van der Waals surface area (Å²) in [6, 6.07) is 3.98. The van der Waals surface area contributed by atoms with Crippen LogP contribution in [0, 0.1) is 11.8 Å². The molecule has 2 amide bonds. The number of carbonyl (C=O) groups excluding carboxylic acids is 2. The van der Waals surface area contributed by atoms with Gasteiger partial charge in [-0.1, -0.05) is 19.8 Å². The summed E-state index contributed by atoms with van der Waals surface area (Å²) in [5.74, 6) is -0.733. The quantitative estimate of drug-likeness (QED) is 0.754. The van der Waals surface area contributed by atoms with E-state index in [0.717, 1.165) is 19.3 Å². The van der Waals surface area contributed by atoms with Gasteiger partial charge in [-0.2, -0.15) is 8.78 Å². The maximum absolute atomic E-state index is 12.4. The Morgan fingerprint density at radius 1 is 1.23 bits per heavy atom. The number of carbonyl (C=O) groups is 2. The third kappa shape index (κ3) is 5.86. The number of methoxy groups -OCH3 is 1.